The van der Waals surface area contributed by atoms with Crippen LogP contribution >= 0.6 is 12.2 Å². The first-order valence-electron chi connectivity index (χ1n) is 6.84. The van der Waals surface area contributed by atoms with Crippen molar-refractivity contribution in [1.29, 1.82) is 0 Å². The highest BCUT2D eigenvalue weighted by Crippen LogP contribution is 2.49. The maximum Gasteiger partial charge on any atom is 0.0733 e. The fourth-order valence-electron chi connectivity index (χ4n) is 2.65. The van der Waals surface area contributed by atoms with E-state index in [-0.39, 0.29) is 0 Å². The van der Waals surface area contributed by atoms with Crippen LogP contribution in [0.2, 0.25) is 0 Å². The summed E-state index contributed by atoms with van der Waals surface area (Å²) in [6, 6.07) is 0. The Balaban J connectivity index is 2.50. The van der Waals surface area contributed by atoms with Crippen molar-refractivity contribution in [2.75, 3.05) is 19.6 Å². The molecule has 1 fully saturated rings. The van der Waals surface area contributed by atoms with E-state index in [0.717, 1.165) is 18.3 Å². The van der Waals surface area contributed by atoms with Gasteiger partial charge in [-0.1, -0.05) is 39.9 Å². The molecule has 0 amide bonds. The Hall–Kier alpha value is -0.150. The predicted octanol–water partition coefficient (Wildman–Crippen LogP) is 3.06. The van der Waals surface area contributed by atoms with Crippen LogP contribution in [0, 0.1) is 17.3 Å². The molecule has 0 bridgehead atoms. The van der Waals surface area contributed by atoms with Gasteiger partial charge in [-0.3, -0.25) is 0 Å². The molecule has 0 unspecified atom stereocenters. The summed E-state index contributed by atoms with van der Waals surface area (Å²) in [5, 5.41) is 0. The molecule has 0 radical (unpaired) electrons. The Morgan fingerprint density at radius 1 is 1.18 bits per heavy atom. The van der Waals surface area contributed by atoms with Crippen molar-refractivity contribution >= 4 is 17.2 Å². The van der Waals surface area contributed by atoms with Crippen LogP contribution in [0.15, 0.2) is 0 Å². The summed E-state index contributed by atoms with van der Waals surface area (Å²) in [5.41, 5.74) is 6.14. The van der Waals surface area contributed by atoms with Crippen molar-refractivity contribution in [3.63, 3.8) is 0 Å². The molecule has 0 aromatic carbocycles. The molecule has 0 atom stereocenters. The average molecular weight is 256 g/mol. The van der Waals surface area contributed by atoms with Gasteiger partial charge in [0.05, 0.1) is 4.99 Å². The molecule has 3 heteroatoms. The van der Waals surface area contributed by atoms with Crippen LogP contribution in [0.25, 0.3) is 0 Å². The summed E-state index contributed by atoms with van der Waals surface area (Å²) >= 11 is 5.07. The second kappa shape index (κ2) is 6.14. The minimum Gasteiger partial charge on any atom is -0.393 e. The SMILES string of the molecule is CC(C)CN(CC(C)C)CC1(CC(N)=S)CC1. The van der Waals surface area contributed by atoms with E-state index in [9.17, 15) is 0 Å². The quantitative estimate of drug-likeness (QED) is 0.677. The predicted molar refractivity (Wildman–Crippen MR) is 79.2 cm³/mol. The number of hydrogen-bond donors (Lipinski definition) is 1. The molecule has 2 nitrogen and oxygen atoms in total. The van der Waals surface area contributed by atoms with Crippen LogP contribution in [0.5, 0.6) is 0 Å². The normalized spacial score (nSPS) is 18.1. The topological polar surface area (TPSA) is 29.3 Å². The van der Waals surface area contributed by atoms with Crippen LogP contribution in [-0.2, 0) is 0 Å². The standard InChI is InChI=1S/C14H28N2S/c1-11(2)8-16(9-12(3)4)10-14(5-6-14)7-13(15)17/h11-12H,5-10H2,1-4H3,(H2,15,17). The minimum absolute atomic E-state index is 0.426. The highest BCUT2D eigenvalue weighted by molar-refractivity contribution is 7.80. The molecule has 1 saturated carbocycles. The van der Waals surface area contributed by atoms with Gasteiger partial charge in [0.15, 0.2) is 0 Å². The van der Waals surface area contributed by atoms with Crippen LogP contribution < -0.4 is 5.73 Å². The highest BCUT2D eigenvalue weighted by atomic mass is 32.1. The lowest BCUT2D eigenvalue weighted by atomic mass is 10.00. The molecule has 0 aliphatic heterocycles. The molecule has 0 spiro atoms. The van der Waals surface area contributed by atoms with Gasteiger partial charge >= 0.3 is 0 Å². The Bertz CT molecular complexity index is 247. The molecule has 0 aromatic rings. The lowest BCUT2D eigenvalue weighted by Gasteiger charge is -2.30. The Morgan fingerprint density at radius 2 is 1.65 bits per heavy atom. The number of nitrogens with two attached hydrogens (primary N) is 1. The number of hydrogen-bond acceptors (Lipinski definition) is 2. The molecular weight excluding hydrogens is 228 g/mol. The fraction of sp³-hybridized carbons (Fsp3) is 0.929. The van der Waals surface area contributed by atoms with Gasteiger partial charge in [-0.2, -0.15) is 0 Å². The van der Waals surface area contributed by atoms with E-state index in [0.29, 0.717) is 10.4 Å². The van der Waals surface area contributed by atoms with Gasteiger partial charge in [-0.05, 0) is 30.1 Å². The first-order chi connectivity index (χ1) is 7.83. The first-order valence-corrected chi connectivity index (χ1v) is 7.24. The van der Waals surface area contributed by atoms with Crippen molar-refractivity contribution in [1.82, 2.24) is 4.90 Å². The van der Waals surface area contributed by atoms with Gasteiger partial charge in [0, 0.05) is 26.1 Å². The maximum absolute atomic E-state index is 5.71. The lowest BCUT2D eigenvalue weighted by Crippen LogP contribution is -2.37. The molecule has 2 N–H and O–H groups in total. The lowest BCUT2D eigenvalue weighted by molar-refractivity contribution is 0.181. The summed E-state index contributed by atoms with van der Waals surface area (Å²) in [6.07, 6.45) is 3.54. The monoisotopic (exact) mass is 256 g/mol. The summed E-state index contributed by atoms with van der Waals surface area (Å²) in [6.45, 7) is 12.7. The third-order valence-electron chi connectivity index (χ3n) is 3.31. The second-order valence-corrected chi connectivity index (χ2v) is 7.15. The molecule has 17 heavy (non-hydrogen) atoms. The molecule has 0 heterocycles. The maximum atomic E-state index is 5.71. The molecule has 100 valence electrons. The van der Waals surface area contributed by atoms with Crippen molar-refractivity contribution in [3.8, 4) is 0 Å². The molecule has 0 saturated heterocycles. The van der Waals surface area contributed by atoms with Gasteiger partial charge < -0.3 is 10.6 Å². The van der Waals surface area contributed by atoms with Gasteiger partial charge in [0.1, 0.15) is 0 Å². The van der Waals surface area contributed by atoms with Crippen LogP contribution in [0.3, 0.4) is 0 Å². The van der Waals surface area contributed by atoms with Gasteiger partial charge in [0.25, 0.3) is 0 Å². The number of nitrogens with zero attached hydrogens (tertiary/aromatic N) is 1. The van der Waals surface area contributed by atoms with Gasteiger partial charge in [-0.15, -0.1) is 0 Å². The van der Waals surface area contributed by atoms with Gasteiger partial charge in [0.2, 0.25) is 0 Å². The third kappa shape index (κ3) is 5.82. The largest absolute Gasteiger partial charge is 0.393 e. The van der Waals surface area contributed by atoms with E-state index in [1.54, 1.807) is 0 Å². The Labute approximate surface area is 112 Å². The van der Waals surface area contributed by atoms with E-state index >= 15 is 0 Å². The number of thiocarbonyl (C=S) groups is 1. The van der Waals surface area contributed by atoms with Crippen molar-refractivity contribution in [3.05, 3.63) is 0 Å². The summed E-state index contributed by atoms with van der Waals surface area (Å²) in [5.74, 6) is 1.46. The smallest absolute Gasteiger partial charge is 0.0733 e. The van der Waals surface area contributed by atoms with Gasteiger partial charge in [-0.25, -0.2) is 0 Å². The van der Waals surface area contributed by atoms with E-state index in [1.165, 1.54) is 32.5 Å². The number of rotatable bonds is 8. The zero-order chi connectivity index (χ0) is 13.1. The Kier molecular flexibility index (Phi) is 5.39. The first kappa shape index (κ1) is 14.9. The van der Waals surface area contributed by atoms with Crippen molar-refractivity contribution in [2.45, 2.75) is 47.0 Å². The average Bonchev–Trinajstić information content (AvgIpc) is 2.79. The highest BCUT2D eigenvalue weighted by Gasteiger charge is 2.44. The molecule has 1 aliphatic carbocycles. The molecule has 1 rings (SSSR count). The second-order valence-electron chi connectivity index (χ2n) is 6.62. The van der Waals surface area contributed by atoms with E-state index < -0.39 is 0 Å². The summed E-state index contributed by atoms with van der Waals surface area (Å²) in [7, 11) is 0. The third-order valence-corrected chi connectivity index (χ3v) is 3.46. The Morgan fingerprint density at radius 3 is 1.94 bits per heavy atom. The van der Waals surface area contributed by atoms with Crippen molar-refractivity contribution in [2.24, 2.45) is 23.0 Å². The summed E-state index contributed by atoms with van der Waals surface area (Å²) in [4.78, 5) is 3.30. The van der Waals surface area contributed by atoms with E-state index in [4.69, 9.17) is 18.0 Å². The summed E-state index contributed by atoms with van der Waals surface area (Å²) < 4.78 is 0. The zero-order valence-corrected chi connectivity index (χ0v) is 12.6. The molecule has 0 aromatic heterocycles. The fourth-order valence-corrected chi connectivity index (χ4v) is 2.95. The zero-order valence-electron chi connectivity index (χ0n) is 11.8. The van der Waals surface area contributed by atoms with Crippen LogP contribution in [-0.4, -0.2) is 29.5 Å². The van der Waals surface area contributed by atoms with E-state index in [2.05, 4.69) is 32.6 Å². The van der Waals surface area contributed by atoms with Crippen molar-refractivity contribution < 1.29 is 0 Å². The van der Waals surface area contributed by atoms with E-state index in [1.807, 2.05) is 0 Å². The molecule has 1 aliphatic rings. The minimum atomic E-state index is 0.426. The van der Waals surface area contributed by atoms with Crippen LogP contribution in [0.1, 0.15) is 47.0 Å². The van der Waals surface area contributed by atoms with Crippen LogP contribution in [0.4, 0.5) is 0 Å². The molecular formula is C14H28N2S.